The van der Waals surface area contributed by atoms with Crippen LogP contribution in [0.25, 0.3) is 0 Å². The lowest BCUT2D eigenvalue weighted by molar-refractivity contribution is -0.139. The minimum atomic E-state index is -1.06. The molecule has 0 aromatic heterocycles. The van der Waals surface area contributed by atoms with Gasteiger partial charge >= 0.3 is 12.0 Å². The lowest BCUT2D eigenvalue weighted by atomic mass is 10.1. The number of aliphatic carboxylic acids is 1. The van der Waals surface area contributed by atoms with Gasteiger partial charge in [-0.2, -0.15) is 0 Å². The highest BCUT2D eigenvalue weighted by Gasteiger charge is 2.20. The van der Waals surface area contributed by atoms with Gasteiger partial charge in [0.25, 0.3) is 0 Å². The van der Waals surface area contributed by atoms with E-state index in [1.807, 2.05) is 42.5 Å². The van der Waals surface area contributed by atoms with Crippen LogP contribution in [0, 0.1) is 0 Å². The molecule has 6 heteroatoms. The molecule has 0 spiro atoms. The Morgan fingerprint density at radius 1 is 1.00 bits per heavy atom. The number of carboxylic acids is 1. The Bertz CT molecular complexity index is 674. The van der Waals surface area contributed by atoms with E-state index in [1.54, 1.807) is 12.1 Å². The van der Waals surface area contributed by atoms with E-state index in [4.69, 9.17) is 11.6 Å². The number of carbonyl (C=O) groups is 2. The second-order valence-corrected chi connectivity index (χ2v) is 5.79. The zero-order chi connectivity index (χ0) is 17.4. The molecule has 2 rings (SSSR count). The van der Waals surface area contributed by atoms with Crippen molar-refractivity contribution in [3.63, 3.8) is 0 Å². The van der Waals surface area contributed by atoms with Crippen molar-refractivity contribution in [2.45, 2.75) is 18.9 Å². The van der Waals surface area contributed by atoms with E-state index in [1.165, 1.54) is 0 Å². The monoisotopic (exact) mass is 346 g/mol. The lowest BCUT2D eigenvalue weighted by Crippen LogP contribution is -2.47. The predicted molar refractivity (Wildman–Crippen MR) is 93.3 cm³/mol. The smallest absolute Gasteiger partial charge is 0.326 e. The summed E-state index contributed by atoms with van der Waals surface area (Å²) in [6.07, 6.45) is 0.877. The Kier molecular flexibility index (Phi) is 6.63. The molecule has 3 N–H and O–H groups in total. The van der Waals surface area contributed by atoms with E-state index >= 15 is 0 Å². The fourth-order valence-electron chi connectivity index (χ4n) is 2.23. The van der Waals surface area contributed by atoms with Gasteiger partial charge in [0.15, 0.2) is 0 Å². The van der Waals surface area contributed by atoms with Gasteiger partial charge in [-0.15, -0.1) is 0 Å². The third kappa shape index (κ3) is 5.93. The Hall–Kier alpha value is -2.53. The molecule has 0 aliphatic rings. The van der Waals surface area contributed by atoms with Gasteiger partial charge in [-0.25, -0.2) is 9.59 Å². The molecule has 1 unspecified atom stereocenters. The van der Waals surface area contributed by atoms with Crippen molar-refractivity contribution in [3.8, 4) is 0 Å². The molecule has 1 atom stereocenters. The van der Waals surface area contributed by atoms with Gasteiger partial charge in [-0.1, -0.05) is 54.1 Å². The molecule has 5 nitrogen and oxygen atoms in total. The number of rotatable bonds is 7. The number of carboxylic acid groups (broad SMARTS) is 1. The van der Waals surface area contributed by atoms with E-state index in [0.717, 1.165) is 11.1 Å². The number of hydrogen-bond donors (Lipinski definition) is 3. The van der Waals surface area contributed by atoms with Gasteiger partial charge in [0.05, 0.1) is 0 Å². The predicted octanol–water partition coefficient (Wildman–Crippen LogP) is 2.88. The first-order chi connectivity index (χ1) is 11.5. The third-order valence-electron chi connectivity index (χ3n) is 3.50. The lowest BCUT2D eigenvalue weighted by Gasteiger charge is -2.15. The van der Waals surface area contributed by atoms with Crippen molar-refractivity contribution in [2.75, 3.05) is 6.54 Å². The van der Waals surface area contributed by atoms with Gasteiger partial charge in [-0.05, 0) is 29.7 Å². The number of hydrogen-bond acceptors (Lipinski definition) is 2. The molecule has 0 fully saturated rings. The molecular formula is C18H19ClN2O3. The molecule has 2 aromatic rings. The summed E-state index contributed by atoms with van der Waals surface area (Å²) in [5, 5.41) is 15.1. The van der Waals surface area contributed by atoms with E-state index < -0.39 is 18.0 Å². The van der Waals surface area contributed by atoms with Crippen LogP contribution < -0.4 is 10.6 Å². The largest absolute Gasteiger partial charge is 0.480 e. The minimum absolute atomic E-state index is 0.237. The van der Waals surface area contributed by atoms with Crippen molar-refractivity contribution in [1.82, 2.24) is 10.6 Å². The van der Waals surface area contributed by atoms with Gasteiger partial charge in [-0.3, -0.25) is 0 Å². The highest BCUT2D eigenvalue weighted by atomic mass is 35.5. The summed E-state index contributed by atoms with van der Waals surface area (Å²) in [6.45, 7) is 0.408. The minimum Gasteiger partial charge on any atom is -0.480 e. The first-order valence-corrected chi connectivity index (χ1v) is 7.98. The first kappa shape index (κ1) is 17.8. The maximum absolute atomic E-state index is 11.9. The summed E-state index contributed by atoms with van der Waals surface area (Å²) in [5.41, 5.74) is 1.89. The van der Waals surface area contributed by atoms with E-state index in [2.05, 4.69) is 10.6 Å². The third-order valence-corrected chi connectivity index (χ3v) is 3.75. The van der Waals surface area contributed by atoms with Crippen LogP contribution in [0.2, 0.25) is 5.02 Å². The molecule has 2 amide bonds. The Labute approximate surface area is 145 Å². The van der Waals surface area contributed by atoms with Crippen LogP contribution >= 0.6 is 11.6 Å². The molecule has 0 radical (unpaired) electrons. The van der Waals surface area contributed by atoms with Crippen LogP contribution in [0.4, 0.5) is 4.79 Å². The van der Waals surface area contributed by atoms with E-state index in [-0.39, 0.29) is 6.42 Å². The summed E-state index contributed by atoms with van der Waals surface area (Å²) in [5.74, 6) is -1.06. The molecule has 0 bridgehead atoms. The summed E-state index contributed by atoms with van der Waals surface area (Å²) >= 11 is 5.81. The molecule has 2 aromatic carbocycles. The van der Waals surface area contributed by atoms with E-state index in [0.29, 0.717) is 18.0 Å². The molecule has 0 saturated heterocycles. The van der Waals surface area contributed by atoms with Crippen molar-refractivity contribution in [2.24, 2.45) is 0 Å². The molecule has 0 aliphatic carbocycles. The molecule has 0 heterocycles. The van der Waals surface area contributed by atoms with Crippen molar-refractivity contribution >= 4 is 23.6 Å². The Morgan fingerprint density at radius 2 is 1.67 bits per heavy atom. The summed E-state index contributed by atoms with van der Waals surface area (Å²) < 4.78 is 0. The van der Waals surface area contributed by atoms with Crippen LogP contribution in [0.15, 0.2) is 54.6 Å². The van der Waals surface area contributed by atoms with Crippen molar-refractivity contribution in [3.05, 3.63) is 70.7 Å². The quantitative estimate of drug-likeness (QED) is 0.721. The molecule has 0 saturated carbocycles. The van der Waals surface area contributed by atoms with Crippen LogP contribution in [0.5, 0.6) is 0 Å². The highest BCUT2D eigenvalue weighted by molar-refractivity contribution is 6.30. The van der Waals surface area contributed by atoms with E-state index in [9.17, 15) is 14.7 Å². The zero-order valence-electron chi connectivity index (χ0n) is 13.0. The van der Waals surface area contributed by atoms with Crippen molar-refractivity contribution in [1.29, 1.82) is 0 Å². The number of nitrogens with one attached hydrogen (secondary N) is 2. The standard InChI is InChI=1S/C18H19ClN2O3/c19-15-8-6-13(7-9-15)10-11-20-18(24)21-16(17(22)23)12-14-4-2-1-3-5-14/h1-9,16H,10-12H2,(H,22,23)(H2,20,21,24). The maximum Gasteiger partial charge on any atom is 0.326 e. The SMILES string of the molecule is O=C(NCCc1ccc(Cl)cc1)NC(Cc1ccccc1)C(=O)O. The summed E-state index contributed by atoms with van der Waals surface area (Å²) in [6, 6.07) is 15.1. The fourth-order valence-corrected chi connectivity index (χ4v) is 2.36. The van der Waals surface area contributed by atoms with Gasteiger partial charge in [0, 0.05) is 18.0 Å². The fraction of sp³-hybridized carbons (Fsp3) is 0.222. The molecule has 126 valence electrons. The Balaban J connectivity index is 1.80. The number of urea groups is 1. The Morgan fingerprint density at radius 3 is 2.29 bits per heavy atom. The number of carbonyl (C=O) groups excluding carboxylic acids is 1. The molecule has 24 heavy (non-hydrogen) atoms. The number of amides is 2. The van der Waals surface area contributed by atoms with Gasteiger partial charge < -0.3 is 15.7 Å². The molecular weight excluding hydrogens is 328 g/mol. The van der Waals surface area contributed by atoms with Crippen LogP contribution in [0.1, 0.15) is 11.1 Å². The van der Waals surface area contributed by atoms with Gasteiger partial charge in [0.2, 0.25) is 0 Å². The summed E-state index contributed by atoms with van der Waals surface area (Å²) in [4.78, 5) is 23.2. The van der Waals surface area contributed by atoms with Gasteiger partial charge in [0.1, 0.15) is 6.04 Å². The van der Waals surface area contributed by atoms with Crippen LogP contribution in [-0.2, 0) is 17.6 Å². The second-order valence-electron chi connectivity index (χ2n) is 5.36. The number of halogens is 1. The van der Waals surface area contributed by atoms with Crippen LogP contribution in [-0.4, -0.2) is 29.7 Å². The second kappa shape index (κ2) is 8.93. The highest BCUT2D eigenvalue weighted by Crippen LogP contribution is 2.09. The zero-order valence-corrected chi connectivity index (χ0v) is 13.8. The van der Waals surface area contributed by atoms with Crippen LogP contribution in [0.3, 0.4) is 0 Å². The van der Waals surface area contributed by atoms with Crippen molar-refractivity contribution < 1.29 is 14.7 Å². The summed E-state index contributed by atoms with van der Waals surface area (Å²) in [7, 11) is 0. The normalized spacial score (nSPS) is 11.5. The maximum atomic E-state index is 11.9. The topological polar surface area (TPSA) is 78.4 Å². The molecule has 0 aliphatic heterocycles. The number of benzene rings is 2. The average Bonchev–Trinajstić information content (AvgIpc) is 2.57. The first-order valence-electron chi connectivity index (χ1n) is 7.60. The average molecular weight is 347 g/mol.